The van der Waals surface area contributed by atoms with Crippen LogP contribution in [0.3, 0.4) is 0 Å². The number of hydrogen-bond donors (Lipinski definition) is 1. The lowest BCUT2D eigenvalue weighted by molar-refractivity contribution is -0.137. The first-order valence-electron chi connectivity index (χ1n) is 8.74. The van der Waals surface area contributed by atoms with Gasteiger partial charge in [-0.1, -0.05) is 24.3 Å². The predicted octanol–water partition coefficient (Wildman–Crippen LogP) is 2.91. The minimum Gasteiger partial charge on any atom is -0.338 e. The maximum atomic E-state index is 12.8. The zero-order chi connectivity index (χ0) is 16.8. The molecule has 5 heteroatoms. The summed E-state index contributed by atoms with van der Waals surface area (Å²) < 4.78 is 0. The van der Waals surface area contributed by atoms with E-state index < -0.39 is 0 Å². The molecular weight excluding hydrogens is 322 g/mol. The predicted molar refractivity (Wildman–Crippen MR) is 102 cm³/mol. The highest BCUT2D eigenvalue weighted by Gasteiger charge is 2.27. The summed E-state index contributed by atoms with van der Waals surface area (Å²) in [5.74, 6) is 0.498. The van der Waals surface area contributed by atoms with Crippen LogP contribution in [0.1, 0.15) is 37.8 Å². The summed E-state index contributed by atoms with van der Waals surface area (Å²) in [4.78, 5) is 16.9. The first-order valence-corrected chi connectivity index (χ1v) is 8.74. The van der Waals surface area contributed by atoms with Gasteiger partial charge in [0.05, 0.1) is 0 Å². The number of nitrogens with zero attached hydrogens (tertiary/aromatic N) is 2. The Morgan fingerprint density at radius 1 is 1.17 bits per heavy atom. The molecule has 24 heavy (non-hydrogen) atoms. The number of amides is 1. The molecule has 1 aliphatic rings. The summed E-state index contributed by atoms with van der Waals surface area (Å²) >= 11 is 0. The largest absolute Gasteiger partial charge is 0.338 e. The van der Waals surface area contributed by atoms with Crippen LogP contribution in [0.25, 0.3) is 0 Å². The fourth-order valence-electron chi connectivity index (χ4n) is 3.30. The third kappa shape index (κ3) is 6.08. The molecule has 136 valence electrons. The first-order chi connectivity index (χ1) is 11.0. The molecule has 0 bridgehead atoms. The Bertz CT molecular complexity index is 504. The van der Waals surface area contributed by atoms with Crippen molar-refractivity contribution in [3.8, 4) is 0 Å². The van der Waals surface area contributed by atoms with Crippen molar-refractivity contribution in [3.63, 3.8) is 0 Å². The highest BCUT2D eigenvalue weighted by Crippen LogP contribution is 2.20. The Labute approximate surface area is 153 Å². The first kappa shape index (κ1) is 20.9. The van der Waals surface area contributed by atoms with Gasteiger partial charge in [-0.15, -0.1) is 12.4 Å². The maximum Gasteiger partial charge on any atom is 0.226 e. The molecule has 0 aromatic heterocycles. The fraction of sp³-hybridized carbons (Fsp3) is 0.632. The average Bonchev–Trinajstić information content (AvgIpc) is 2.53. The van der Waals surface area contributed by atoms with E-state index in [9.17, 15) is 4.79 Å². The SMILES string of the molecule is CCN(Cc1ccc(CN(C)C)cc1)C(=O)[C@H]1CCN[C@@H](C)C1.Cl. The monoisotopic (exact) mass is 353 g/mol. The number of piperidine rings is 1. The summed E-state index contributed by atoms with van der Waals surface area (Å²) in [7, 11) is 4.15. The van der Waals surface area contributed by atoms with Crippen LogP contribution in [-0.2, 0) is 17.9 Å². The molecule has 4 nitrogen and oxygen atoms in total. The van der Waals surface area contributed by atoms with E-state index >= 15 is 0 Å². The van der Waals surface area contributed by atoms with Crippen LogP contribution in [0, 0.1) is 5.92 Å². The molecule has 1 aliphatic heterocycles. The minimum absolute atomic E-state index is 0. The Morgan fingerprint density at radius 2 is 1.75 bits per heavy atom. The minimum atomic E-state index is 0. The average molecular weight is 354 g/mol. The second-order valence-electron chi connectivity index (χ2n) is 6.98. The Balaban J connectivity index is 0.00000288. The Hall–Kier alpha value is -1.10. The number of nitrogens with one attached hydrogen (secondary N) is 1. The van der Waals surface area contributed by atoms with Gasteiger partial charge in [-0.25, -0.2) is 0 Å². The molecule has 1 fully saturated rings. The van der Waals surface area contributed by atoms with Crippen molar-refractivity contribution >= 4 is 18.3 Å². The summed E-state index contributed by atoms with van der Waals surface area (Å²) in [6, 6.07) is 9.09. The molecule has 1 amide bonds. The van der Waals surface area contributed by atoms with E-state index in [1.165, 1.54) is 11.1 Å². The third-order valence-electron chi connectivity index (χ3n) is 4.56. The molecule has 2 rings (SSSR count). The molecular formula is C19H32ClN3O. The maximum absolute atomic E-state index is 12.8. The van der Waals surface area contributed by atoms with E-state index in [4.69, 9.17) is 0 Å². The van der Waals surface area contributed by atoms with Gasteiger partial charge in [-0.3, -0.25) is 4.79 Å². The van der Waals surface area contributed by atoms with Crippen molar-refractivity contribution in [3.05, 3.63) is 35.4 Å². The summed E-state index contributed by atoms with van der Waals surface area (Å²) in [5.41, 5.74) is 2.52. The van der Waals surface area contributed by atoms with Crippen molar-refractivity contribution in [2.24, 2.45) is 5.92 Å². The van der Waals surface area contributed by atoms with E-state index in [0.717, 1.165) is 39.0 Å². The summed E-state index contributed by atoms with van der Waals surface area (Å²) in [6.45, 7) is 7.63. The third-order valence-corrected chi connectivity index (χ3v) is 4.56. The smallest absolute Gasteiger partial charge is 0.226 e. The van der Waals surface area contributed by atoms with Gasteiger partial charge < -0.3 is 15.1 Å². The molecule has 0 spiro atoms. The number of rotatable bonds is 6. The van der Waals surface area contributed by atoms with Gasteiger partial charge in [0.15, 0.2) is 0 Å². The van der Waals surface area contributed by atoms with Crippen LogP contribution in [-0.4, -0.2) is 48.9 Å². The zero-order valence-corrected chi connectivity index (χ0v) is 16.2. The lowest BCUT2D eigenvalue weighted by Crippen LogP contribution is -2.43. The molecule has 0 radical (unpaired) electrons. The van der Waals surface area contributed by atoms with E-state index in [0.29, 0.717) is 11.9 Å². The van der Waals surface area contributed by atoms with Gasteiger partial charge in [-0.2, -0.15) is 0 Å². The molecule has 1 aromatic rings. The number of benzene rings is 1. The fourth-order valence-corrected chi connectivity index (χ4v) is 3.30. The molecule has 0 saturated carbocycles. The van der Waals surface area contributed by atoms with E-state index in [1.807, 2.05) is 4.90 Å². The summed E-state index contributed by atoms with van der Waals surface area (Å²) in [6.07, 6.45) is 1.92. The van der Waals surface area contributed by atoms with Crippen molar-refractivity contribution in [2.45, 2.75) is 45.8 Å². The molecule has 0 unspecified atom stereocenters. The van der Waals surface area contributed by atoms with Gasteiger partial charge >= 0.3 is 0 Å². The highest BCUT2D eigenvalue weighted by atomic mass is 35.5. The molecule has 1 saturated heterocycles. The number of carbonyl (C=O) groups is 1. The van der Waals surface area contributed by atoms with Gasteiger partial charge in [0, 0.05) is 31.6 Å². The number of hydrogen-bond acceptors (Lipinski definition) is 3. The second-order valence-corrected chi connectivity index (χ2v) is 6.98. The van der Waals surface area contributed by atoms with Crippen LogP contribution < -0.4 is 5.32 Å². The lowest BCUT2D eigenvalue weighted by Gasteiger charge is -2.31. The molecule has 1 heterocycles. The summed E-state index contributed by atoms with van der Waals surface area (Å²) in [5, 5.41) is 3.42. The van der Waals surface area contributed by atoms with Crippen LogP contribution >= 0.6 is 12.4 Å². The Morgan fingerprint density at radius 3 is 2.25 bits per heavy atom. The lowest BCUT2D eigenvalue weighted by atomic mass is 9.92. The van der Waals surface area contributed by atoms with Gasteiger partial charge in [0.1, 0.15) is 0 Å². The topological polar surface area (TPSA) is 35.6 Å². The van der Waals surface area contributed by atoms with Crippen molar-refractivity contribution in [2.75, 3.05) is 27.2 Å². The van der Waals surface area contributed by atoms with Gasteiger partial charge in [0.25, 0.3) is 0 Å². The molecule has 0 aliphatic carbocycles. The molecule has 1 N–H and O–H groups in total. The van der Waals surface area contributed by atoms with Gasteiger partial charge in [-0.05, 0) is 58.5 Å². The normalized spacial score (nSPS) is 20.5. The Kier molecular flexibility index (Phi) is 8.74. The van der Waals surface area contributed by atoms with Crippen molar-refractivity contribution < 1.29 is 4.79 Å². The van der Waals surface area contributed by atoms with E-state index in [2.05, 4.69) is 62.4 Å². The number of carbonyl (C=O) groups excluding carboxylic acids is 1. The molecule has 2 atom stereocenters. The van der Waals surface area contributed by atoms with E-state index in [1.54, 1.807) is 0 Å². The van der Waals surface area contributed by atoms with Crippen LogP contribution in [0.15, 0.2) is 24.3 Å². The van der Waals surface area contributed by atoms with E-state index in [-0.39, 0.29) is 18.3 Å². The zero-order valence-electron chi connectivity index (χ0n) is 15.4. The quantitative estimate of drug-likeness (QED) is 0.854. The van der Waals surface area contributed by atoms with Crippen molar-refractivity contribution in [1.82, 2.24) is 15.1 Å². The second kappa shape index (κ2) is 10.0. The molecule has 1 aromatic carbocycles. The number of halogens is 1. The highest BCUT2D eigenvalue weighted by molar-refractivity contribution is 5.85. The van der Waals surface area contributed by atoms with Gasteiger partial charge in [0.2, 0.25) is 5.91 Å². The van der Waals surface area contributed by atoms with Crippen LogP contribution in [0.2, 0.25) is 0 Å². The van der Waals surface area contributed by atoms with Crippen molar-refractivity contribution in [1.29, 1.82) is 0 Å². The van der Waals surface area contributed by atoms with Crippen LogP contribution in [0.4, 0.5) is 0 Å². The van der Waals surface area contributed by atoms with Crippen LogP contribution in [0.5, 0.6) is 0 Å². The standard InChI is InChI=1S/C19H31N3O.ClH/c1-5-22(19(23)18-10-11-20-15(2)12-18)14-17-8-6-16(7-9-17)13-21(3)4;/h6-9,15,18,20H,5,10-14H2,1-4H3;1H/t15-,18-;/m0./s1.